The number of halogens is 2. The van der Waals surface area contributed by atoms with Gasteiger partial charge in [0.2, 0.25) is 0 Å². The molecular weight excluding hydrogens is 494 g/mol. The normalized spacial score (nSPS) is 9.25. The molecule has 24 heavy (non-hydrogen) atoms. The minimum Gasteiger partial charge on any atom is -0.477 e. The Morgan fingerprint density at radius 3 is 2.42 bits per heavy atom. The molecule has 2 aromatic heterocycles. The van der Waals surface area contributed by atoms with Gasteiger partial charge in [0.05, 0.1) is 0 Å². The Morgan fingerprint density at radius 1 is 1.12 bits per heavy atom. The molecule has 2 heterocycles. The van der Waals surface area contributed by atoms with Gasteiger partial charge in [0.15, 0.2) is 0 Å². The number of aromatic carboxylic acids is 1. The van der Waals surface area contributed by atoms with E-state index in [9.17, 15) is 13.6 Å². The van der Waals surface area contributed by atoms with E-state index in [1.165, 1.54) is 18.5 Å². The van der Waals surface area contributed by atoms with Gasteiger partial charge in [-0.25, -0.2) is 15.3 Å². The quantitative estimate of drug-likeness (QED) is 0.544. The van der Waals surface area contributed by atoms with Crippen LogP contribution in [-0.4, -0.2) is 21.0 Å². The zero-order chi connectivity index (χ0) is 16.7. The largest absolute Gasteiger partial charge is 0.477 e. The van der Waals surface area contributed by atoms with Crippen LogP contribution >= 0.6 is 0 Å². The Kier molecular flexibility index (Phi) is 7.82. The van der Waals surface area contributed by atoms with E-state index in [4.69, 9.17) is 5.11 Å². The maximum absolute atomic E-state index is 13.2. The average Bonchev–Trinajstić information content (AvgIpc) is 2.57. The first kappa shape index (κ1) is 19.5. The number of nitrogens with zero attached hydrogens (tertiary/aromatic N) is 2. The van der Waals surface area contributed by atoms with Gasteiger partial charge >= 0.3 is 5.97 Å². The topological polar surface area (TPSA) is 63.1 Å². The Bertz CT molecular complexity index is 787. The van der Waals surface area contributed by atoms with Crippen LogP contribution in [0.3, 0.4) is 0 Å². The summed E-state index contributed by atoms with van der Waals surface area (Å²) >= 11 is 0. The molecule has 1 radical (unpaired) electrons. The summed E-state index contributed by atoms with van der Waals surface area (Å²) in [5.74, 6) is -2.29. The van der Waals surface area contributed by atoms with Crippen molar-refractivity contribution in [1.82, 2.24) is 9.97 Å². The molecule has 4 nitrogen and oxygen atoms in total. The predicted molar refractivity (Wildman–Crippen MR) is 78.5 cm³/mol. The standard InChI is InChI=1S/C11H5F2N.C6H5NO2.Ir/c12-9-3-4-10(11(13)6-9)8-2-1-5-14-7-8;8-6(9)5-3-1-2-4-7-5;/h1-3,5-6H;1-4H,(H,8,9);/q-2;;. The predicted octanol–water partition coefficient (Wildman–Crippen LogP) is 3.40. The van der Waals surface area contributed by atoms with Crippen molar-refractivity contribution in [2.45, 2.75) is 0 Å². The van der Waals surface area contributed by atoms with Gasteiger partial charge in [0.1, 0.15) is 5.69 Å². The van der Waals surface area contributed by atoms with E-state index in [-0.39, 0.29) is 31.4 Å². The maximum atomic E-state index is 13.2. The molecular formula is C17H10F2IrN2O2-2. The number of carboxylic acids is 1. The van der Waals surface area contributed by atoms with Crippen molar-refractivity contribution in [2.75, 3.05) is 0 Å². The van der Waals surface area contributed by atoms with Crippen molar-refractivity contribution in [1.29, 1.82) is 0 Å². The fourth-order valence-electron chi connectivity index (χ4n) is 1.61. The molecule has 7 heteroatoms. The Morgan fingerprint density at radius 2 is 1.92 bits per heavy atom. The molecule has 0 bridgehead atoms. The van der Waals surface area contributed by atoms with E-state index < -0.39 is 17.6 Å². The van der Waals surface area contributed by atoms with Crippen molar-refractivity contribution < 1.29 is 38.8 Å². The Labute approximate surface area is 150 Å². The summed E-state index contributed by atoms with van der Waals surface area (Å²) in [5.41, 5.74) is 0.724. The molecule has 1 N–H and O–H groups in total. The van der Waals surface area contributed by atoms with Crippen molar-refractivity contribution in [2.24, 2.45) is 0 Å². The Balaban J connectivity index is 0.000000252. The van der Waals surface area contributed by atoms with Crippen LogP contribution in [0.4, 0.5) is 8.78 Å². The van der Waals surface area contributed by atoms with Gasteiger partial charge in [-0.2, -0.15) is 17.7 Å². The number of hydrogen-bond donors (Lipinski definition) is 1. The van der Waals surface area contributed by atoms with Gasteiger partial charge in [-0.05, 0) is 17.9 Å². The Hall–Kier alpha value is -2.50. The fraction of sp³-hybridized carbons (Fsp3) is 0. The molecule has 0 aliphatic heterocycles. The molecule has 0 unspecified atom stereocenters. The van der Waals surface area contributed by atoms with Crippen molar-refractivity contribution in [3.05, 3.63) is 84.4 Å². The van der Waals surface area contributed by atoms with Crippen LogP contribution in [0.5, 0.6) is 0 Å². The second-order valence-electron chi connectivity index (χ2n) is 4.22. The van der Waals surface area contributed by atoms with Crippen molar-refractivity contribution in [3.63, 3.8) is 0 Å². The molecule has 0 amide bonds. The van der Waals surface area contributed by atoms with Crippen LogP contribution in [-0.2, 0) is 20.1 Å². The number of rotatable bonds is 2. The van der Waals surface area contributed by atoms with E-state index in [2.05, 4.69) is 22.2 Å². The van der Waals surface area contributed by atoms with E-state index in [1.807, 2.05) is 0 Å². The first-order chi connectivity index (χ1) is 11.1. The second-order valence-corrected chi connectivity index (χ2v) is 4.22. The average molecular weight is 504 g/mol. The van der Waals surface area contributed by atoms with E-state index in [1.54, 1.807) is 24.3 Å². The summed E-state index contributed by atoms with van der Waals surface area (Å²) in [4.78, 5) is 17.4. The summed E-state index contributed by atoms with van der Waals surface area (Å²) in [6.45, 7) is 0. The van der Waals surface area contributed by atoms with Gasteiger partial charge in [-0.15, -0.1) is 12.1 Å². The third-order valence-corrected chi connectivity index (χ3v) is 2.62. The van der Waals surface area contributed by atoms with Crippen LogP contribution in [0.25, 0.3) is 11.1 Å². The number of carboxylic acid groups (broad SMARTS) is 1. The van der Waals surface area contributed by atoms with Crippen LogP contribution in [0.15, 0.2) is 54.9 Å². The number of carbonyl (C=O) groups is 1. The van der Waals surface area contributed by atoms with Crippen LogP contribution in [0.1, 0.15) is 10.5 Å². The fourth-order valence-corrected chi connectivity index (χ4v) is 1.61. The van der Waals surface area contributed by atoms with Gasteiger partial charge in [-0.3, -0.25) is 8.78 Å². The van der Waals surface area contributed by atoms with E-state index in [0.717, 1.165) is 12.1 Å². The van der Waals surface area contributed by atoms with Crippen LogP contribution in [0.2, 0.25) is 0 Å². The van der Waals surface area contributed by atoms with E-state index in [0.29, 0.717) is 5.56 Å². The number of aromatic nitrogens is 2. The molecule has 0 saturated carbocycles. The monoisotopic (exact) mass is 505 g/mol. The minimum absolute atomic E-state index is 0. The second kappa shape index (κ2) is 9.60. The molecule has 1 aromatic carbocycles. The SMILES string of the molecule is Fc1c[c-]c(-c2[c-]nccc2)c(F)c1.O=C(O)c1ccccn1.[Ir]. The molecule has 125 valence electrons. The summed E-state index contributed by atoms with van der Waals surface area (Å²) in [6.07, 6.45) is 5.58. The molecule has 0 atom stereocenters. The maximum Gasteiger partial charge on any atom is 0.354 e. The third-order valence-electron chi connectivity index (χ3n) is 2.62. The smallest absolute Gasteiger partial charge is 0.354 e. The molecule has 0 aliphatic carbocycles. The zero-order valence-corrected chi connectivity index (χ0v) is 14.4. The molecule has 3 aromatic rings. The van der Waals surface area contributed by atoms with E-state index >= 15 is 0 Å². The van der Waals surface area contributed by atoms with Crippen LogP contribution < -0.4 is 0 Å². The first-order valence-corrected chi connectivity index (χ1v) is 6.42. The summed E-state index contributed by atoms with van der Waals surface area (Å²) in [6, 6.07) is 12.4. The number of hydrogen-bond acceptors (Lipinski definition) is 3. The third kappa shape index (κ3) is 5.61. The van der Waals surface area contributed by atoms with Crippen molar-refractivity contribution in [3.8, 4) is 11.1 Å². The minimum atomic E-state index is -0.990. The van der Waals surface area contributed by atoms with Crippen molar-refractivity contribution >= 4 is 5.97 Å². The van der Waals surface area contributed by atoms with Gasteiger partial charge in [0.25, 0.3) is 0 Å². The molecule has 0 aliphatic rings. The summed E-state index contributed by atoms with van der Waals surface area (Å²) < 4.78 is 25.8. The molecule has 3 rings (SSSR count). The molecule has 0 spiro atoms. The number of pyridine rings is 2. The van der Waals surface area contributed by atoms with Gasteiger partial charge in [-0.1, -0.05) is 24.5 Å². The molecule has 0 fully saturated rings. The van der Waals surface area contributed by atoms with Crippen LogP contribution in [0, 0.1) is 23.9 Å². The first-order valence-electron chi connectivity index (χ1n) is 6.42. The number of benzene rings is 1. The molecule has 0 saturated heterocycles. The summed E-state index contributed by atoms with van der Waals surface area (Å²) in [7, 11) is 0. The summed E-state index contributed by atoms with van der Waals surface area (Å²) in [5, 5.41) is 8.32. The zero-order valence-electron chi connectivity index (χ0n) is 12.0. The van der Waals surface area contributed by atoms with Gasteiger partial charge in [0, 0.05) is 32.1 Å². The van der Waals surface area contributed by atoms with Gasteiger partial charge < -0.3 is 10.1 Å².